The summed E-state index contributed by atoms with van der Waals surface area (Å²) in [6.45, 7) is 5.40. The first kappa shape index (κ1) is 21.8. The predicted octanol–water partition coefficient (Wildman–Crippen LogP) is 3.97. The van der Waals surface area contributed by atoms with E-state index in [-0.39, 0.29) is 24.5 Å². The highest BCUT2D eigenvalue weighted by Crippen LogP contribution is 2.33. The van der Waals surface area contributed by atoms with Crippen molar-refractivity contribution in [3.63, 3.8) is 0 Å². The van der Waals surface area contributed by atoms with E-state index in [1.54, 1.807) is 23.3 Å². The summed E-state index contributed by atoms with van der Waals surface area (Å²) in [6, 6.07) is 5.22. The first-order chi connectivity index (χ1) is 11.5. The molecule has 0 unspecified atom stereocenters. The smallest absolute Gasteiger partial charge is 0.306 e. The minimum absolute atomic E-state index is 0. The van der Waals surface area contributed by atoms with Crippen molar-refractivity contribution in [3.8, 4) is 0 Å². The number of aliphatic imine (C=N–C) groups is 1. The molecular formula is C16H22Cl3N3O3. The fourth-order valence-electron chi connectivity index (χ4n) is 2.10. The zero-order valence-electron chi connectivity index (χ0n) is 14.1. The Hall–Kier alpha value is -1.21. The zero-order valence-corrected chi connectivity index (χ0v) is 16.5. The van der Waals surface area contributed by atoms with E-state index >= 15 is 0 Å². The molecule has 0 amide bonds. The maximum absolute atomic E-state index is 11.5. The first-order valence-electron chi connectivity index (χ1n) is 7.84. The van der Waals surface area contributed by atoms with Crippen LogP contribution in [0.3, 0.4) is 0 Å². The van der Waals surface area contributed by atoms with Gasteiger partial charge in [0.25, 0.3) is 0 Å². The van der Waals surface area contributed by atoms with Crippen molar-refractivity contribution in [2.75, 3.05) is 19.7 Å². The highest BCUT2D eigenvalue weighted by atomic mass is 35.5. The summed E-state index contributed by atoms with van der Waals surface area (Å²) in [6.07, 6.45) is 0.796. The van der Waals surface area contributed by atoms with E-state index in [1.807, 2.05) is 13.8 Å². The second-order valence-corrected chi connectivity index (χ2v) is 6.32. The number of nitrogens with one attached hydrogen (secondary N) is 1. The fourth-order valence-corrected chi connectivity index (χ4v) is 2.58. The average Bonchev–Trinajstić information content (AvgIpc) is 2.94. The van der Waals surface area contributed by atoms with Gasteiger partial charge in [0, 0.05) is 13.0 Å². The molecule has 1 aliphatic rings. The molecule has 6 nitrogen and oxygen atoms in total. The molecule has 1 N–H and O–H groups in total. The number of esters is 1. The molecule has 1 aliphatic heterocycles. The van der Waals surface area contributed by atoms with Crippen molar-refractivity contribution < 1.29 is 14.4 Å². The highest BCUT2D eigenvalue weighted by molar-refractivity contribution is 6.38. The number of rotatable bonds is 7. The molecule has 0 bridgehead atoms. The third-order valence-corrected chi connectivity index (χ3v) is 3.74. The van der Waals surface area contributed by atoms with Gasteiger partial charge in [0.2, 0.25) is 5.96 Å². The lowest BCUT2D eigenvalue weighted by atomic mass is 10.3. The number of para-hydroxylation sites is 1. The standard InChI is InChI=1S/C16H21Cl2N3O3.ClH/c1-11(2)24-14(22)7-4-10-23-21-9-8-19-16(21)20-15-12(17)5-3-6-13(15)18;/h3,5-6,11H,4,7-10H2,1-2H3,(H,19,20);1H. The zero-order chi connectivity index (χ0) is 17.5. The number of hydrogen-bond acceptors (Lipinski definition) is 4. The minimum atomic E-state index is -0.218. The Bertz CT molecular complexity index is 591. The largest absolute Gasteiger partial charge is 0.463 e. The summed E-state index contributed by atoms with van der Waals surface area (Å²) < 4.78 is 5.08. The molecule has 0 spiro atoms. The summed E-state index contributed by atoms with van der Waals surface area (Å²) in [5.74, 6) is 0.333. The van der Waals surface area contributed by atoms with E-state index in [4.69, 9.17) is 32.8 Å². The van der Waals surface area contributed by atoms with Crippen molar-refractivity contribution >= 4 is 53.2 Å². The maximum atomic E-state index is 11.5. The molecule has 1 fully saturated rings. The van der Waals surface area contributed by atoms with Gasteiger partial charge in [-0.15, -0.1) is 12.4 Å². The number of nitrogens with zero attached hydrogens (tertiary/aromatic N) is 2. The number of benzene rings is 1. The van der Waals surface area contributed by atoms with Crippen molar-refractivity contribution in [1.82, 2.24) is 10.4 Å². The summed E-state index contributed by atoms with van der Waals surface area (Å²) in [5.41, 5.74) is 0.499. The first-order valence-corrected chi connectivity index (χ1v) is 8.59. The number of carbonyl (C=O) groups excluding carboxylic acids is 1. The van der Waals surface area contributed by atoms with Crippen molar-refractivity contribution in [3.05, 3.63) is 28.2 Å². The summed E-state index contributed by atoms with van der Waals surface area (Å²) in [7, 11) is 0. The van der Waals surface area contributed by atoms with Crippen molar-refractivity contribution in [2.24, 2.45) is 4.99 Å². The maximum Gasteiger partial charge on any atom is 0.306 e. The van der Waals surface area contributed by atoms with E-state index < -0.39 is 0 Å². The Kier molecular flexibility index (Phi) is 9.35. The molecule has 1 aromatic rings. The van der Waals surface area contributed by atoms with Gasteiger partial charge in [-0.25, -0.2) is 10.1 Å². The third kappa shape index (κ3) is 6.90. The molecule has 140 valence electrons. The van der Waals surface area contributed by atoms with Gasteiger partial charge in [-0.05, 0) is 32.4 Å². The Labute approximate surface area is 163 Å². The van der Waals surface area contributed by atoms with Gasteiger partial charge in [0.1, 0.15) is 5.69 Å². The number of halogens is 3. The van der Waals surface area contributed by atoms with Gasteiger partial charge >= 0.3 is 5.97 Å². The van der Waals surface area contributed by atoms with Gasteiger partial charge in [-0.2, -0.15) is 0 Å². The molecule has 9 heteroatoms. The fraction of sp³-hybridized carbons (Fsp3) is 0.500. The Morgan fingerprint density at radius 3 is 2.68 bits per heavy atom. The third-order valence-electron chi connectivity index (χ3n) is 3.13. The van der Waals surface area contributed by atoms with Crippen LogP contribution in [0.5, 0.6) is 0 Å². The quantitative estimate of drug-likeness (QED) is 0.544. The summed E-state index contributed by atoms with van der Waals surface area (Å²) in [4.78, 5) is 21.6. The molecule has 1 aromatic carbocycles. The van der Waals surface area contributed by atoms with Gasteiger partial charge in [0.05, 0.1) is 29.3 Å². The summed E-state index contributed by atoms with van der Waals surface area (Å²) >= 11 is 12.3. The number of ether oxygens (including phenoxy) is 1. The molecule has 0 aromatic heterocycles. The monoisotopic (exact) mass is 409 g/mol. The van der Waals surface area contributed by atoms with Crippen LogP contribution in [-0.4, -0.2) is 42.8 Å². The second kappa shape index (κ2) is 10.7. The summed E-state index contributed by atoms with van der Waals surface area (Å²) in [5, 5.41) is 5.72. The molecule has 0 aliphatic carbocycles. The highest BCUT2D eigenvalue weighted by Gasteiger charge is 2.20. The molecule has 0 radical (unpaired) electrons. The average molecular weight is 411 g/mol. The van der Waals surface area contributed by atoms with Crippen LogP contribution in [0.4, 0.5) is 5.69 Å². The molecule has 2 rings (SSSR count). The van der Waals surface area contributed by atoms with Crippen LogP contribution < -0.4 is 5.32 Å². The van der Waals surface area contributed by atoms with Crippen LogP contribution in [0.15, 0.2) is 23.2 Å². The minimum Gasteiger partial charge on any atom is -0.463 e. The second-order valence-electron chi connectivity index (χ2n) is 5.51. The van der Waals surface area contributed by atoms with Gasteiger partial charge in [-0.3, -0.25) is 9.63 Å². The normalized spacial score (nSPS) is 15.2. The number of hydroxylamine groups is 2. The van der Waals surface area contributed by atoms with E-state index in [1.165, 1.54) is 0 Å². The Morgan fingerprint density at radius 2 is 2.04 bits per heavy atom. The van der Waals surface area contributed by atoms with E-state index in [0.29, 0.717) is 54.2 Å². The van der Waals surface area contributed by atoms with Crippen LogP contribution in [0.2, 0.25) is 10.0 Å². The van der Waals surface area contributed by atoms with Crippen LogP contribution in [0, 0.1) is 0 Å². The van der Waals surface area contributed by atoms with Gasteiger partial charge < -0.3 is 10.1 Å². The number of hydrogen-bond donors (Lipinski definition) is 1. The molecule has 1 saturated heterocycles. The predicted molar refractivity (Wildman–Crippen MR) is 102 cm³/mol. The van der Waals surface area contributed by atoms with Crippen LogP contribution in [0.25, 0.3) is 0 Å². The van der Waals surface area contributed by atoms with Gasteiger partial charge in [-0.1, -0.05) is 29.3 Å². The van der Waals surface area contributed by atoms with Crippen LogP contribution in [0.1, 0.15) is 26.7 Å². The van der Waals surface area contributed by atoms with E-state index in [9.17, 15) is 4.79 Å². The molecule has 0 atom stereocenters. The number of guanidine groups is 1. The lowest BCUT2D eigenvalue weighted by Crippen LogP contribution is -2.30. The van der Waals surface area contributed by atoms with E-state index in [2.05, 4.69) is 10.3 Å². The SMILES string of the molecule is CC(C)OC(=O)CCCON1CCN/C1=N\c1c(Cl)cccc1Cl.Cl. The Balaban J connectivity index is 0.00000312. The van der Waals surface area contributed by atoms with Crippen LogP contribution in [-0.2, 0) is 14.4 Å². The molecule has 1 heterocycles. The lowest BCUT2D eigenvalue weighted by Gasteiger charge is -2.17. The van der Waals surface area contributed by atoms with Crippen molar-refractivity contribution in [1.29, 1.82) is 0 Å². The van der Waals surface area contributed by atoms with E-state index in [0.717, 1.165) is 0 Å². The van der Waals surface area contributed by atoms with Crippen molar-refractivity contribution in [2.45, 2.75) is 32.8 Å². The van der Waals surface area contributed by atoms with Gasteiger partial charge in [0.15, 0.2) is 0 Å². The molecular weight excluding hydrogens is 389 g/mol. The molecule has 0 saturated carbocycles. The number of carbonyl (C=O) groups is 1. The topological polar surface area (TPSA) is 63.2 Å². The Morgan fingerprint density at radius 1 is 1.36 bits per heavy atom. The van der Waals surface area contributed by atoms with Crippen LogP contribution >= 0.6 is 35.6 Å². The lowest BCUT2D eigenvalue weighted by molar-refractivity contribution is -0.148. The molecule has 25 heavy (non-hydrogen) atoms.